The summed E-state index contributed by atoms with van der Waals surface area (Å²) in [5.74, 6) is -0.0367. The van der Waals surface area contributed by atoms with Gasteiger partial charge in [-0.05, 0) is 16.5 Å². The van der Waals surface area contributed by atoms with E-state index in [1.165, 1.54) is 0 Å². The third-order valence-electron chi connectivity index (χ3n) is 3.87. The van der Waals surface area contributed by atoms with E-state index < -0.39 is 0 Å². The Bertz CT molecular complexity index is 614. The van der Waals surface area contributed by atoms with Crippen molar-refractivity contribution in [1.29, 1.82) is 0 Å². The summed E-state index contributed by atoms with van der Waals surface area (Å²) in [6.07, 6.45) is 1.00. The van der Waals surface area contributed by atoms with E-state index in [9.17, 15) is 9.59 Å². The highest BCUT2D eigenvalue weighted by Crippen LogP contribution is 2.24. The van der Waals surface area contributed by atoms with Gasteiger partial charge in [-0.1, -0.05) is 74.5 Å². The SMILES string of the molecule is CC(C)(CNC=O)CC(=O)NC(c1ccccc1)c1ccccc1. The molecule has 2 rings (SSSR count). The van der Waals surface area contributed by atoms with Crippen LogP contribution in [0.3, 0.4) is 0 Å². The van der Waals surface area contributed by atoms with Gasteiger partial charge in [-0.25, -0.2) is 0 Å². The lowest BCUT2D eigenvalue weighted by Gasteiger charge is -2.26. The van der Waals surface area contributed by atoms with Crippen LogP contribution in [0.25, 0.3) is 0 Å². The fourth-order valence-electron chi connectivity index (χ4n) is 2.68. The molecule has 0 heterocycles. The van der Waals surface area contributed by atoms with Crippen LogP contribution in [0.2, 0.25) is 0 Å². The van der Waals surface area contributed by atoms with Crippen LogP contribution in [0.5, 0.6) is 0 Å². The largest absolute Gasteiger partial charge is 0.358 e. The van der Waals surface area contributed by atoms with Gasteiger partial charge in [-0.2, -0.15) is 0 Å². The first-order chi connectivity index (χ1) is 11.5. The monoisotopic (exact) mass is 324 g/mol. The standard InChI is InChI=1S/C20H24N2O2/c1-20(2,14-21-15-23)13-18(24)22-19(16-9-5-3-6-10-16)17-11-7-4-8-12-17/h3-12,15,19H,13-14H2,1-2H3,(H,21,23)(H,22,24). The van der Waals surface area contributed by atoms with Gasteiger partial charge in [-0.3, -0.25) is 9.59 Å². The maximum Gasteiger partial charge on any atom is 0.221 e. The lowest BCUT2D eigenvalue weighted by molar-refractivity contribution is -0.123. The van der Waals surface area contributed by atoms with E-state index in [0.29, 0.717) is 19.4 Å². The zero-order valence-electron chi connectivity index (χ0n) is 14.2. The first-order valence-electron chi connectivity index (χ1n) is 8.08. The maximum atomic E-state index is 12.6. The predicted molar refractivity (Wildman–Crippen MR) is 95.3 cm³/mol. The minimum atomic E-state index is -0.303. The molecule has 0 saturated carbocycles. The number of rotatable bonds is 8. The highest BCUT2D eigenvalue weighted by atomic mass is 16.1. The average molecular weight is 324 g/mol. The van der Waals surface area contributed by atoms with Gasteiger partial charge in [0.1, 0.15) is 0 Å². The van der Waals surface area contributed by atoms with Crippen molar-refractivity contribution in [1.82, 2.24) is 10.6 Å². The topological polar surface area (TPSA) is 58.2 Å². The van der Waals surface area contributed by atoms with Crippen LogP contribution in [-0.2, 0) is 9.59 Å². The summed E-state index contributed by atoms with van der Waals surface area (Å²) in [6, 6.07) is 19.6. The van der Waals surface area contributed by atoms with Crippen LogP contribution in [0, 0.1) is 5.41 Å². The summed E-state index contributed by atoms with van der Waals surface area (Å²) in [7, 11) is 0. The van der Waals surface area contributed by atoms with Crippen LogP contribution in [0.1, 0.15) is 37.4 Å². The van der Waals surface area contributed by atoms with E-state index in [0.717, 1.165) is 11.1 Å². The number of hydrogen-bond acceptors (Lipinski definition) is 2. The summed E-state index contributed by atoms with van der Waals surface area (Å²) >= 11 is 0. The lowest BCUT2D eigenvalue weighted by Crippen LogP contribution is -2.36. The van der Waals surface area contributed by atoms with Crippen molar-refractivity contribution in [2.45, 2.75) is 26.3 Å². The molecule has 0 saturated heterocycles. The predicted octanol–water partition coefficient (Wildman–Crippen LogP) is 3.05. The molecule has 2 N–H and O–H groups in total. The second kappa shape index (κ2) is 8.29. The quantitative estimate of drug-likeness (QED) is 0.733. The zero-order valence-corrected chi connectivity index (χ0v) is 14.2. The molecule has 4 nitrogen and oxygen atoms in total. The Hall–Kier alpha value is -2.62. The second-order valence-electron chi connectivity index (χ2n) is 6.66. The molecule has 0 aliphatic rings. The van der Waals surface area contributed by atoms with Gasteiger partial charge in [0, 0.05) is 13.0 Å². The number of hydrogen-bond donors (Lipinski definition) is 2. The van der Waals surface area contributed by atoms with Gasteiger partial charge in [0.05, 0.1) is 6.04 Å². The summed E-state index contributed by atoms with van der Waals surface area (Å²) in [4.78, 5) is 23.0. The van der Waals surface area contributed by atoms with E-state index in [1.807, 2.05) is 74.5 Å². The fraction of sp³-hybridized carbons (Fsp3) is 0.300. The van der Waals surface area contributed by atoms with Crippen molar-refractivity contribution < 1.29 is 9.59 Å². The Morgan fingerprint density at radius 2 is 1.50 bits per heavy atom. The van der Waals surface area contributed by atoms with Crippen molar-refractivity contribution in [3.8, 4) is 0 Å². The van der Waals surface area contributed by atoms with Crippen molar-refractivity contribution >= 4 is 12.3 Å². The minimum absolute atomic E-state index is 0.0367. The van der Waals surface area contributed by atoms with Crippen molar-refractivity contribution in [2.24, 2.45) is 5.41 Å². The third-order valence-corrected chi connectivity index (χ3v) is 3.87. The van der Waals surface area contributed by atoms with Gasteiger partial charge >= 0.3 is 0 Å². The highest BCUT2D eigenvalue weighted by Gasteiger charge is 2.24. The molecule has 0 aliphatic heterocycles. The van der Waals surface area contributed by atoms with Crippen LogP contribution in [0.15, 0.2) is 60.7 Å². The summed E-state index contributed by atoms with van der Waals surface area (Å²) in [5.41, 5.74) is 1.78. The molecule has 0 radical (unpaired) electrons. The molecular formula is C20H24N2O2. The van der Waals surface area contributed by atoms with E-state index in [4.69, 9.17) is 0 Å². The summed E-state index contributed by atoms with van der Waals surface area (Å²) in [6.45, 7) is 4.39. The second-order valence-corrected chi connectivity index (χ2v) is 6.66. The number of amides is 2. The van der Waals surface area contributed by atoms with Gasteiger partial charge in [0.15, 0.2) is 0 Å². The molecule has 2 aromatic rings. The Balaban J connectivity index is 2.14. The molecule has 0 fully saturated rings. The number of carbonyl (C=O) groups is 2. The van der Waals surface area contributed by atoms with E-state index in [-0.39, 0.29) is 17.4 Å². The minimum Gasteiger partial charge on any atom is -0.358 e. The summed E-state index contributed by atoms with van der Waals surface area (Å²) in [5, 5.41) is 5.78. The molecule has 2 aromatic carbocycles. The molecule has 2 amide bonds. The number of carbonyl (C=O) groups excluding carboxylic acids is 2. The molecule has 0 unspecified atom stereocenters. The van der Waals surface area contributed by atoms with Crippen LogP contribution in [-0.4, -0.2) is 18.9 Å². The molecular weight excluding hydrogens is 300 g/mol. The Morgan fingerprint density at radius 3 is 1.96 bits per heavy atom. The molecule has 0 spiro atoms. The molecule has 0 aliphatic carbocycles. The first-order valence-corrected chi connectivity index (χ1v) is 8.08. The Kier molecular flexibility index (Phi) is 6.13. The van der Waals surface area contributed by atoms with E-state index in [1.54, 1.807) is 0 Å². The Labute approximate surface area is 143 Å². The van der Waals surface area contributed by atoms with Crippen LogP contribution < -0.4 is 10.6 Å². The number of nitrogens with one attached hydrogen (secondary N) is 2. The zero-order chi connectivity index (χ0) is 17.4. The molecule has 0 bridgehead atoms. The maximum absolute atomic E-state index is 12.6. The van der Waals surface area contributed by atoms with Crippen molar-refractivity contribution in [3.05, 3.63) is 71.8 Å². The van der Waals surface area contributed by atoms with Crippen molar-refractivity contribution in [2.75, 3.05) is 6.54 Å². The van der Waals surface area contributed by atoms with Crippen LogP contribution in [0.4, 0.5) is 0 Å². The molecule has 126 valence electrons. The lowest BCUT2D eigenvalue weighted by atomic mass is 9.88. The molecule has 24 heavy (non-hydrogen) atoms. The molecule has 4 heteroatoms. The van der Waals surface area contributed by atoms with Gasteiger partial charge in [0.2, 0.25) is 12.3 Å². The summed E-state index contributed by atoms with van der Waals surface area (Å²) < 4.78 is 0. The van der Waals surface area contributed by atoms with Crippen molar-refractivity contribution in [3.63, 3.8) is 0 Å². The molecule has 0 atom stereocenters. The van der Waals surface area contributed by atoms with Crippen LogP contribution >= 0.6 is 0 Å². The highest BCUT2D eigenvalue weighted by molar-refractivity contribution is 5.77. The average Bonchev–Trinajstić information content (AvgIpc) is 2.59. The first kappa shape index (κ1) is 17.7. The fourth-order valence-corrected chi connectivity index (χ4v) is 2.68. The third kappa shape index (κ3) is 5.23. The van der Waals surface area contributed by atoms with Gasteiger partial charge in [0.25, 0.3) is 0 Å². The molecule has 0 aromatic heterocycles. The van der Waals surface area contributed by atoms with E-state index in [2.05, 4.69) is 10.6 Å². The van der Waals surface area contributed by atoms with Gasteiger partial charge in [-0.15, -0.1) is 0 Å². The normalized spacial score (nSPS) is 11.1. The smallest absolute Gasteiger partial charge is 0.221 e. The van der Waals surface area contributed by atoms with E-state index >= 15 is 0 Å². The van der Waals surface area contributed by atoms with Gasteiger partial charge < -0.3 is 10.6 Å². The number of benzene rings is 2. The Morgan fingerprint density at radius 1 is 1.00 bits per heavy atom.